The van der Waals surface area contributed by atoms with E-state index in [2.05, 4.69) is 11.4 Å². The molecule has 1 N–H and O–H groups in total. The number of carbonyl (C=O) groups excluding carboxylic acids is 1. The van der Waals surface area contributed by atoms with Gasteiger partial charge in [-0.15, -0.1) is 12.4 Å². The summed E-state index contributed by atoms with van der Waals surface area (Å²) in [5.74, 6) is -0.252. The predicted octanol–water partition coefficient (Wildman–Crippen LogP) is 2.66. The molecule has 0 fully saturated rings. The molecule has 18 heavy (non-hydrogen) atoms. The van der Waals surface area contributed by atoms with Gasteiger partial charge >= 0.3 is 5.97 Å². The number of carbonyl (C=O) groups is 1. The van der Waals surface area contributed by atoms with E-state index in [4.69, 9.17) is 4.74 Å². The van der Waals surface area contributed by atoms with Crippen molar-refractivity contribution in [3.05, 3.63) is 41.5 Å². The van der Waals surface area contributed by atoms with Crippen molar-refractivity contribution in [3.63, 3.8) is 0 Å². The van der Waals surface area contributed by atoms with Crippen molar-refractivity contribution in [2.24, 2.45) is 0 Å². The lowest BCUT2D eigenvalue weighted by molar-refractivity contribution is 0.0526. The molecule has 0 bridgehead atoms. The van der Waals surface area contributed by atoms with Crippen LogP contribution in [-0.4, -0.2) is 25.7 Å². The second-order valence-electron chi connectivity index (χ2n) is 3.98. The molecule has 0 atom stereocenters. The van der Waals surface area contributed by atoms with Crippen molar-refractivity contribution in [2.45, 2.75) is 13.3 Å². The summed E-state index contributed by atoms with van der Waals surface area (Å²) in [6, 6.07) is 7.64. The summed E-state index contributed by atoms with van der Waals surface area (Å²) in [6.07, 6.45) is 3.24. The molecule has 2 rings (SSSR count). The quantitative estimate of drug-likeness (QED) is 0.856. The SMILES string of the molecule is CCOC(=O)c1ccc(C2=CCNCC2)cc1.Cl. The standard InChI is InChI=1S/C14H17NO2.ClH/c1-2-17-14(16)13-5-3-11(4-6-13)12-7-9-15-10-8-12;/h3-7,15H,2,8-10H2,1H3;1H. The van der Waals surface area contributed by atoms with Crippen LogP contribution in [0.1, 0.15) is 29.3 Å². The third-order valence-electron chi connectivity index (χ3n) is 2.83. The van der Waals surface area contributed by atoms with Crippen molar-refractivity contribution in [3.8, 4) is 0 Å². The molecule has 0 amide bonds. The monoisotopic (exact) mass is 267 g/mol. The van der Waals surface area contributed by atoms with Crippen LogP contribution in [0.4, 0.5) is 0 Å². The van der Waals surface area contributed by atoms with Gasteiger partial charge < -0.3 is 10.1 Å². The van der Waals surface area contributed by atoms with E-state index >= 15 is 0 Å². The molecule has 0 aliphatic carbocycles. The molecule has 0 unspecified atom stereocenters. The largest absolute Gasteiger partial charge is 0.462 e. The highest BCUT2D eigenvalue weighted by atomic mass is 35.5. The molecule has 0 spiro atoms. The summed E-state index contributed by atoms with van der Waals surface area (Å²) in [4.78, 5) is 11.5. The maximum Gasteiger partial charge on any atom is 0.338 e. The first-order chi connectivity index (χ1) is 8.31. The van der Waals surface area contributed by atoms with Crippen LogP contribution in [0.2, 0.25) is 0 Å². The molecular weight excluding hydrogens is 250 g/mol. The smallest absolute Gasteiger partial charge is 0.338 e. The van der Waals surface area contributed by atoms with E-state index in [1.54, 1.807) is 0 Å². The van der Waals surface area contributed by atoms with Crippen molar-refractivity contribution >= 4 is 23.9 Å². The van der Waals surface area contributed by atoms with E-state index in [1.807, 2.05) is 31.2 Å². The number of esters is 1. The van der Waals surface area contributed by atoms with Gasteiger partial charge in [-0.3, -0.25) is 0 Å². The Morgan fingerprint density at radius 2 is 2.06 bits per heavy atom. The summed E-state index contributed by atoms with van der Waals surface area (Å²) in [7, 11) is 0. The van der Waals surface area contributed by atoms with E-state index < -0.39 is 0 Å². The molecule has 0 saturated heterocycles. The number of rotatable bonds is 3. The van der Waals surface area contributed by atoms with Gasteiger partial charge in [-0.25, -0.2) is 4.79 Å². The lowest BCUT2D eigenvalue weighted by Gasteiger charge is -2.14. The van der Waals surface area contributed by atoms with Crippen molar-refractivity contribution < 1.29 is 9.53 Å². The minimum atomic E-state index is -0.252. The fourth-order valence-corrected chi connectivity index (χ4v) is 1.92. The third-order valence-corrected chi connectivity index (χ3v) is 2.83. The average Bonchev–Trinajstić information content (AvgIpc) is 2.40. The lowest BCUT2D eigenvalue weighted by Crippen LogP contribution is -2.20. The molecule has 0 aromatic heterocycles. The number of hydrogen-bond acceptors (Lipinski definition) is 3. The number of halogens is 1. The minimum Gasteiger partial charge on any atom is -0.462 e. The first kappa shape index (κ1) is 14.7. The van der Waals surface area contributed by atoms with Crippen LogP contribution in [0.5, 0.6) is 0 Å². The Hall–Kier alpha value is -1.32. The van der Waals surface area contributed by atoms with Gasteiger partial charge in [0.25, 0.3) is 0 Å². The summed E-state index contributed by atoms with van der Waals surface area (Å²) in [5.41, 5.74) is 3.16. The first-order valence-corrected chi connectivity index (χ1v) is 5.98. The number of hydrogen-bond donors (Lipinski definition) is 1. The van der Waals surface area contributed by atoms with Gasteiger partial charge in [-0.1, -0.05) is 18.2 Å². The van der Waals surface area contributed by atoms with Crippen LogP contribution in [0.15, 0.2) is 30.3 Å². The van der Waals surface area contributed by atoms with Gasteiger partial charge in [0.2, 0.25) is 0 Å². The first-order valence-electron chi connectivity index (χ1n) is 5.98. The van der Waals surface area contributed by atoms with Gasteiger partial charge in [-0.2, -0.15) is 0 Å². The molecule has 1 aliphatic rings. The predicted molar refractivity (Wildman–Crippen MR) is 75.1 cm³/mol. The van der Waals surface area contributed by atoms with E-state index in [-0.39, 0.29) is 18.4 Å². The van der Waals surface area contributed by atoms with Gasteiger partial charge in [0.15, 0.2) is 0 Å². The van der Waals surface area contributed by atoms with Crippen molar-refractivity contribution in [2.75, 3.05) is 19.7 Å². The maximum absolute atomic E-state index is 11.5. The Morgan fingerprint density at radius 1 is 1.33 bits per heavy atom. The summed E-state index contributed by atoms with van der Waals surface area (Å²) < 4.78 is 4.95. The summed E-state index contributed by atoms with van der Waals surface area (Å²) >= 11 is 0. The van der Waals surface area contributed by atoms with Crippen molar-refractivity contribution in [1.82, 2.24) is 5.32 Å². The molecule has 0 saturated carbocycles. The Kier molecular flexibility index (Phi) is 5.89. The summed E-state index contributed by atoms with van der Waals surface area (Å²) in [6.45, 7) is 4.17. The van der Waals surface area contributed by atoms with Crippen LogP contribution in [0.25, 0.3) is 5.57 Å². The highest BCUT2D eigenvalue weighted by Gasteiger charge is 2.08. The number of benzene rings is 1. The fourth-order valence-electron chi connectivity index (χ4n) is 1.92. The highest BCUT2D eigenvalue weighted by Crippen LogP contribution is 2.20. The molecule has 1 aromatic carbocycles. The van der Waals surface area contributed by atoms with Gasteiger partial charge in [0.05, 0.1) is 12.2 Å². The number of ether oxygens (including phenoxy) is 1. The van der Waals surface area contributed by atoms with Crippen LogP contribution in [0, 0.1) is 0 Å². The zero-order valence-electron chi connectivity index (χ0n) is 10.4. The normalized spacial score (nSPS) is 14.4. The minimum absolute atomic E-state index is 0. The van der Waals surface area contributed by atoms with E-state index in [1.165, 1.54) is 11.1 Å². The Labute approximate surface area is 114 Å². The van der Waals surface area contributed by atoms with Gasteiger partial charge in [0, 0.05) is 6.54 Å². The van der Waals surface area contributed by atoms with E-state index in [9.17, 15) is 4.79 Å². The molecule has 4 heteroatoms. The second kappa shape index (κ2) is 7.19. The topological polar surface area (TPSA) is 38.3 Å². The van der Waals surface area contributed by atoms with Gasteiger partial charge in [0.1, 0.15) is 0 Å². The molecule has 98 valence electrons. The molecule has 0 radical (unpaired) electrons. The summed E-state index contributed by atoms with van der Waals surface area (Å²) in [5, 5.41) is 3.28. The van der Waals surface area contributed by atoms with Crippen LogP contribution in [0.3, 0.4) is 0 Å². The number of nitrogens with one attached hydrogen (secondary N) is 1. The average molecular weight is 268 g/mol. The van der Waals surface area contributed by atoms with Gasteiger partial charge in [-0.05, 0) is 43.2 Å². The Bertz CT molecular complexity index is 426. The molecule has 1 aromatic rings. The third kappa shape index (κ3) is 3.59. The molecular formula is C14H18ClNO2. The van der Waals surface area contributed by atoms with E-state index in [0.29, 0.717) is 12.2 Å². The molecule has 1 heterocycles. The van der Waals surface area contributed by atoms with Crippen molar-refractivity contribution in [1.29, 1.82) is 0 Å². The van der Waals surface area contributed by atoms with Crippen LogP contribution < -0.4 is 5.32 Å². The van der Waals surface area contributed by atoms with Crippen LogP contribution >= 0.6 is 12.4 Å². The second-order valence-corrected chi connectivity index (χ2v) is 3.98. The maximum atomic E-state index is 11.5. The zero-order chi connectivity index (χ0) is 12.1. The van der Waals surface area contributed by atoms with Crippen LogP contribution in [-0.2, 0) is 4.74 Å². The highest BCUT2D eigenvalue weighted by molar-refractivity contribution is 5.89. The van der Waals surface area contributed by atoms with E-state index in [0.717, 1.165) is 19.5 Å². The molecule has 1 aliphatic heterocycles. The fraction of sp³-hybridized carbons (Fsp3) is 0.357. The lowest BCUT2D eigenvalue weighted by atomic mass is 9.99. The molecule has 3 nitrogen and oxygen atoms in total. The zero-order valence-corrected chi connectivity index (χ0v) is 11.3. The Morgan fingerprint density at radius 3 is 2.61 bits per heavy atom. The Balaban J connectivity index is 0.00000162.